The molecule has 0 saturated carbocycles. The van der Waals surface area contributed by atoms with Crippen LogP contribution < -0.4 is 0 Å². The lowest BCUT2D eigenvalue weighted by molar-refractivity contribution is -0.142. The summed E-state index contributed by atoms with van der Waals surface area (Å²) >= 11 is 3.22. The Morgan fingerprint density at radius 1 is 1.62 bits per heavy atom. The molecular weight excluding hydrogens is 239 g/mol. The molecule has 13 heavy (non-hydrogen) atoms. The Bertz CT molecular complexity index is 314. The van der Waals surface area contributed by atoms with E-state index in [1.165, 1.54) is 0 Å². The predicted molar refractivity (Wildman–Crippen MR) is 50.4 cm³/mol. The molecule has 0 fully saturated rings. The predicted octanol–water partition coefficient (Wildman–Crippen LogP) is 2.41. The first-order chi connectivity index (χ1) is 6.09. The lowest BCUT2D eigenvalue weighted by Gasteiger charge is -2.03. The van der Waals surface area contributed by atoms with Crippen LogP contribution in [0, 0.1) is 0 Å². The number of halogens is 2. The molecule has 0 amide bonds. The third-order valence-electron chi connectivity index (χ3n) is 1.57. The van der Waals surface area contributed by atoms with Gasteiger partial charge in [0.1, 0.15) is 0 Å². The zero-order valence-corrected chi connectivity index (χ0v) is 8.29. The van der Waals surface area contributed by atoms with Crippen LogP contribution >= 0.6 is 15.9 Å². The smallest absolute Gasteiger partial charge is 0.338 e. The fraction of sp³-hybridized carbons (Fsp3) is 0.222. The largest absolute Gasteiger partial charge is 0.479 e. The van der Waals surface area contributed by atoms with Crippen molar-refractivity contribution in [1.82, 2.24) is 0 Å². The Morgan fingerprint density at radius 2 is 2.31 bits per heavy atom. The van der Waals surface area contributed by atoms with Gasteiger partial charge in [-0.25, -0.2) is 9.18 Å². The molecule has 0 spiro atoms. The number of alkyl halides is 1. The van der Waals surface area contributed by atoms with Crippen LogP contribution in [0.25, 0.3) is 0 Å². The Morgan fingerprint density at radius 3 is 2.85 bits per heavy atom. The number of benzene rings is 1. The Balaban J connectivity index is 2.69. The minimum atomic E-state index is -1.82. The Labute approximate surface area is 83.5 Å². The molecule has 0 aliphatic heterocycles. The van der Waals surface area contributed by atoms with Crippen molar-refractivity contribution in [1.29, 1.82) is 0 Å². The highest BCUT2D eigenvalue weighted by Crippen LogP contribution is 2.13. The molecule has 0 saturated heterocycles. The molecule has 0 heterocycles. The third kappa shape index (κ3) is 3.14. The second-order valence-electron chi connectivity index (χ2n) is 2.64. The zero-order valence-electron chi connectivity index (χ0n) is 6.71. The highest BCUT2D eigenvalue weighted by molar-refractivity contribution is 9.10. The van der Waals surface area contributed by atoms with Gasteiger partial charge in [-0.2, -0.15) is 0 Å². The van der Waals surface area contributed by atoms with Crippen molar-refractivity contribution in [2.45, 2.75) is 12.6 Å². The van der Waals surface area contributed by atoms with Crippen LogP contribution in [0.3, 0.4) is 0 Å². The highest BCUT2D eigenvalue weighted by atomic mass is 79.9. The third-order valence-corrected chi connectivity index (χ3v) is 2.07. The summed E-state index contributed by atoms with van der Waals surface area (Å²) in [5.74, 6) is -1.42. The van der Waals surface area contributed by atoms with E-state index < -0.39 is 12.1 Å². The highest BCUT2D eigenvalue weighted by Gasteiger charge is 2.15. The molecule has 2 nitrogen and oxygen atoms in total. The second-order valence-corrected chi connectivity index (χ2v) is 3.56. The molecule has 4 heteroatoms. The maximum absolute atomic E-state index is 12.7. The van der Waals surface area contributed by atoms with E-state index in [1.807, 2.05) is 0 Å². The summed E-state index contributed by atoms with van der Waals surface area (Å²) < 4.78 is 13.5. The fourth-order valence-corrected chi connectivity index (χ4v) is 1.40. The molecule has 1 aromatic rings. The molecular formula is C9H8BrFO2. The van der Waals surface area contributed by atoms with Gasteiger partial charge in [0, 0.05) is 10.9 Å². The SMILES string of the molecule is O=C(O)[C@H](F)Cc1cccc(Br)c1. The van der Waals surface area contributed by atoms with Gasteiger partial charge in [0.2, 0.25) is 6.17 Å². The van der Waals surface area contributed by atoms with Gasteiger partial charge < -0.3 is 5.11 Å². The Hall–Kier alpha value is -0.900. The number of carbonyl (C=O) groups is 1. The summed E-state index contributed by atoms with van der Waals surface area (Å²) in [6, 6.07) is 6.95. The Kier molecular flexibility index (Phi) is 3.42. The van der Waals surface area contributed by atoms with Crippen LogP contribution in [0.1, 0.15) is 5.56 Å². The van der Waals surface area contributed by atoms with Crippen molar-refractivity contribution in [3.63, 3.8) is 0 Å². The van der Waals surface area contributed by atoms with E-state index in [0.717, 1.165) is 4.47 Å². The number of carboxylic acids is 1. The summed E-state index contributed by atoms with van der Waals surface area (Å²) in [6.45, 7) is 0. The van der Waals surface area contributed by atoms with Gasteiger partial charge in [-0.15, -0.1) is 0 Å². The standard InChI is InChI=1S/C9H8BrFO2/c10-7-3-1-2-6(4-7)5-8(11)9(12)13/h1-4,8H,5H2,(H,12,13)/t8-/m1/s1. The molecule has 1 rings (SSSR count). The number of hydrogen-bond acceptors (Lipinski definition) is 1. The van der Waals surface area contributed by atoms with Gasteiger partial charge in [0.05, 0.1) is 0 Å². The summed E-state index contributed by atoms with van der Waals surface area (Å²) in [6.07, 6.45) is -1.91. The first kappa shape index (κ1) is 10.2. The van der Waals surface area contributed by atoms with Crippen LogP contribution in [0.15, 0.2) is 28.7 Å². The summed E-state index contributed by atoms with van der Waals surface area (Å²) in [7, 11) is 0. The van der Waals surface area contributed by atoms with Crippen molar-refractivity contribution >= 4 is 21.9 Å². The average molecular weight is 247 g/mol. The van der Waals surface area contributed by atoms with Gasteiger partial charge in [-0.3, -0.25) is 0 Å². The van der Waals surface area contributed by atoms with Gasteiger partial charge in [-0.05, 0) is 17.7 Å². The van der Waals surface area contributed by atoms with Crippen LogP contribution in [-0.2, 0) is 11.2 Å². The second kappa shape index (κ2) is 4.37. The van der Waals surface area contributed by atoms with E-state index in [-0.39, 0.29) is 6.42 Å². The average Bonchev–Trinajstić information content (AvgIpc) is 2.04. The van der Waals surface area contributed by atoms with E-state index in [9.17, 15) is 9.18 Å². The van der Waals surface area contributed by atoms with Crippen LogP contribution in [0.4, 0.5) is 4.39 Å². The lowest BCUT2D eigenvalue weighted by atomic mass is 10.1. The summed E-state index contributed by atoms with van der Waals surface area (Å²) in [5, 5.41) is 8.33. The van der Waals surface area contributed by atoms with E-state index >= 15 is 0 Å². The van der Waals surface area contributed by atoms with Crippen molar-refractivity contribution in [2.75, 3.05) is 0 Å². The fourth-order valence-electron chi connectivity index (χ4n) is 0.958. The van der Waals surface area contributed by atoms with Gasteiger partial charge >= 0.3 is 5.97 Å². The molecule has 0 bridgehead atoms. The van der Waals surface area contributed by atoms with E-state index in [4.69, 9.17) is 5.11 Å². The van der Waals surface area contributed by atoms with Gasteiger partial charge in [-0.1, -0.05) is 28.1 Å². The molecule has 0 aromatic heterocycles. The lowest BCUT2D eigenvalue weighted by Crippen LogP contribution is -2.17. The normalized spacial score (nSPS) is 12.5. The van der Waals surface area contributed by atoms with Crippen molar-refractivity contribution < 1.29 is 14.3 Å². The molecule has 0 aliphatic rings. The monoisotopic (exact) mass is 246 g/mol. The van der Waals surface area contributed by atoms with E-state index in [0.29, 0.717) is 5.56 Å². The quantitative estimate of drug-likeness (QED) is 0.890. The van der Waals surface area contributed by atoms with E-state index in [2.05, 4.69) is 15.9 Å². The van der Waals surface area contributed by atoms with Crippen molar-refractivity contribution in [3.05, 3.63) is 34.3 Å². The van der Waals surface area contributed by atoms with E-state index in [1.54, 1.807) is 24.3 Å². The van der Waals surface area contributed by atoms with Crippen molar-refractivity contribution in [2.24, 2.45) is 0 Å². The first-order valence-electron chi connectivity index (χ1n) is 3.71. The molecule has 0 unspecified atom stereocenters. The molecule has 0 aliphatic carbocycles. The summed E-state index contributed by atoms with van der Waals surface area (Å²) in [5.41, 5.74) is 0.671. The van der Waals surface area contributed by atoms with Crippen LogP contribution in [0.5, 0.6) is 0 Å². The molecule has 70 valence electrons. The molecule has 1 aromatic carbocycles. The van der Waals surface area contributed by atoms with Gasteiger partial charge in [0.25, 0.3) is 0 Å². The number of rotatable bonds is 3. The van der Waals surface area contributed by atoms with Crippen LogP contribution in [-0.4, -0.2) is 17.2 Å². The summed E-state index contributed by atoms with van der Waals surface area (Å²) in [4.78, 5) is 10.2. The molecule has 1 atom stereocenters. The maximum Gasteiger partial charge on any atom is 0.338 e. The maximum atomic E-state index is 12.7. The topological polar surface area (TPSA) is 37.3 Å². The number of hydrogen-bond donors (Lipinski definition) is 1. The number of carboxylic acid groups (broad SMARTS) is 1. The molecule has 1 N–H and O–H groups in total. The van der Waals surface area contributed by atoms with Crippen LogP contribution in [0.2, 0.25) is 0 Å². The van der Waals surface area contributed by atoms with Crippen molar-refractivity contribution in [3.8, 4) is 0 Å². The number of aliphatic carboxylic acids is 1. The first-order valence-corrected chi connectivity index (χ1v) is 4.50. The zero-order chi connectivity index (χ0) is 9.84. The minimum absolute atomic E-state index is 0.0885. The van der Waals surface area contributed by atoms with Gasteiger partial charge in [0.15, 0.2) is 0 Å². The molecule has 0 radical (unpaired) electrons. The minimum Gasteiger partial charge on any atom is -0.479 e.